The molecule has 0 amide bonds. The van der Waals surface area contributed by atoms with E-state index in [-0.39, 0.29) is 4.80 Å². The van der Waals surface area contributed by atoms with E-state index < -0.39 is 24.6 Å². The molecule has 0 radical (unpaired) electrons. The average Bonchev–Trinajstić information content (AvgIpc) is 2.51. The fraction of sp³-hybridized carbons (Fsp3) is 0.200. The van der Waals surface area contributed by atoms with Crippen molar-refractivity contribution in [1.82, 2.24) is 4.57 Å². The van der Waals surface area contributed by atoms with E-state index in [1.165, 1.54) is 10.6 Å². The van der Waals surface area contributed by atoms with Gasteiger partial charge in [0.25, 0.3) is 0 Å². The molecule has 0 bridgehead atoms. The molecule has 0 aliphatic carbocycles. The number of ether oxygens (including phenoxy) is 1. The number of nitrogens with one attached hydrogen (secondary N) is 1. The molecule has 0 saturated carbocycles. The molecule has 0 fully saturated rings. The van der Waals surface area contributed by atoms with Gasteiger partial charge in [0.15, 0.2) is 4.80 Å². The van der Waals surface area contributed by atoms with Crippen LogP contribution in [0.15, 0.2) is 18.2 Å². The standard InChI is InChI=1S/C10H7F3N2O3S/c11-10(12,13)18-5-1-2-6-7(3-5)19-9(14)15(6)4-8(16)17/h1-3,14H,4H2,(H,16,17). The second kappa shape index (κ2) is 4.57. The SMILES string of the molecule is N=c1sc2cc(OC(F)(F)F)ccc2n1CC(=O)O. The van der Waals surface area contributed by atoms with Gasteiger partial charge >= 0.3 is 12.3 Å². The van der Waals surface area contributed by atoms with Gasteiger partial charge in [0.2, 0.25) is 0 Å². The maximum Gasteiger partial charge on any atom is 0.573 e. The Kier molecular flexibility index (Phi) is 3.23. The molecule has 2 rings (SSSR count). The highest BCUT2D eigenvalue weighted by atomic mass is 32.1. The molecule has 0 atom stereocenters. The lowest BCUT2D eigenvalue weighted by Crippen LogP contribution is -2.18. The first kappa shape index (κ1) is 13.4. The lowest BCUT2D eigenvalue weighted by Gasteiger charge is -2.08. The number of nitrogens with zero attached hydrogens (tertiary/aromatic N) is 1. The van der Waals surface area contributed by atoms with Crippen molar-refractivity contribution in [2.45, 2.75) is 12.9 Å². The van der Waals surface area contributed by atoms with Crippen LogP contribution < -0.4 is 9.54 Å². The Hall–Kier alpha value is -2.03. The lowest BCUT2D eigenvalue weighted by molar-refractivity contribution is -0.274. The molecule has 0 aliphatic rings. The summed E-state index contributed by atoms with van der Waals surface area (Å²) in [6, 6.07) is 3.51. The minimum Gasteiger partial charge on any atom is -0.480 e. The second-order valence-electron chi connectivity index (χ2n) is 3.56. The molecule has 0 aliphatic heterocycles. The fourth-order valence-corrected chi connectivity index (χ4v) is 2.50. The fourth-order valence-electron chi connectivity index (χ4n) is 1.56. The van der Waals surface area contributed by atoms with E-state index in [4.69, 9.17) is 10.5 Å². The van der Waals surface area contributed by atoms with Crippen molar-refractivity contribution in [2.24, 2.45) is 0 Å². The van der Waals surface area contributed by atoms with Crippen LogP contribution in [0.4, 0.5) is 13.2 Å². The molecular formula is C10H7F3N2O3S. The van der Waals surface area contributed by atoms with E-state index in [0.717, 1.165) is 23.5 Å². The third-order valence-corrected chi connectivity index (χ3v) is 3.16. The van der Waals surface area contributed by atoms with Gasteiger partial charge in [-0.3, -0.25) is 10.2 Å². The molecule has 1 aromatic carbocycles. The lowest BCUT2D eigenvalue weighted by atomic mass is 10.3. The Labute approximate surface area is 108 Å². The Balaban J connectivity index is 2.46. The molecule has 0 unspecified atom stereocenters. The minimum absolute atomic E-state index is 0.0541. The van der Waals surface area contributed by atoms with Crippen molar-refractivity contribution in [3.8, 4) is 5.75 Å². The third kappa shape index (κ3) is 3.05. The Morgan fingerprint density at radius 3 is 2.74 bits per heavy atom. The Morgan fingerprint density at radius 1 is 1.47 bits per heavy atom. The van der Waals surface area contributed by atoms with Crippen LogP contribution in [0.25, 0.3) is 10.2 Å². The highest BCUT2D eigenvalue weighted by Crippen LogP contribution is 2.27. The topological polar surface area (TPSA) is 75.3 Å². The largest absolute Gasteiger partial charge is 0.573 e. The molecule has 102 valence electrons. The van der Waals surface area contributed by atoms with Crippen molar-refractivity contribution >= 4 is 27.5 Å². The van der Waals surface area contributed by atoms with Gasteiger partial charge in [-0.05, 0) is 18.2 Å². The number of aliphatic carboxylic acids is 1. The van der Waals surface area contributed by atoms with E-state index in [0.29, 0.717) is 10.2 Å². The molecule has 0 saturated heterocycles. The van der Waals surface area contributed by atoms with Crippen LogP contribution in [-0.4, -0.2) is 22.0 Å². The molecule has 19 heavy (non-hydrogen) atoms. The number of alkyl halides is 3. The van der Waals surface area contributed by atoms with Crippen LogP contribution in [0.1, 0.15) is 0 Å². The third-order valence-electron chi connectivity index (χ3n) is 2.20. The molecular weight excluding hydrogens is 285 g/mol. The van der Waals surface area contributed by atoms with Gasteiger partial charge in [0, 0.05) is 0 Å². The molecule has 9 heteroatoms. The highest BCUT2D eigenvalue weighted by molar-refractivity contribution is 7.16. The van der Waals surface area contributed by atoms with Crippen LogP contribution in [0.2, 0.25) is 0 Å². The summed E-state index contributed by atoms with van der Waals surface area (Å²) in [6.07, 6.45) is -4.79. The van der Waals surface area contributed by atoms with E-state index in [2.05, 4.69) is 4.74 Å². The Morgan fingerprint density at radius 2 is 2.16 bits per heavy atom. The number of carboxylic acid groups (broad SMARTS) is 1. The summed E-state index contributed by atoms with van der Waals surface area (Å²) < 4.78 is 41.5. The van der Waals surface area contributed by atoms with Gasteiger partial charge in [-0.2, -0.15) is 0 Å². The number of thiazole rings is 1. The number of benzene rings is 1. The molecule has 1 aromatic heterocycles. The van der Waals surface area contributed by atoms with E-state index >= 15 is 0 Å². The zero-order valence-corrected chi connectivity index (χ0v) is 10.0. The maximum absolute atomic E-state index is 12.1. The predicted octanol–water partition coefficient (Wildman–Crippen LogP) is 2.17. The summed E-state index contributed by atoms with van der Waals surface area (Å²) in [5, 5.41) is 16.3. The molecule has 2 aromatic rings. The summed E-state index contributed by atoms with van der Waals surface area (Å²) >= 11 is 0.880. The monoisotopic (exact) mass is 292 g/mol. The first-order chi connectivity index (χ1) is 8.76. The summed E-state index contributed by atoms with van der Waals surface area (Å²) in [7, 11) is 0. The number of carboxylic acids is 1. The van der Waals surface area contributed by atoms with Crippen LogP contribution in [0, 0.1) is 5.41 Å². The van der Waals surface area contributed by atoms with E-state index in [9.17, 15) is 18.0 Å². The zero-order valence-electron chi connectivity index (χ0n) is 9.19. The number of hydrogen-bond donors (Lipinski definition) is 2. The van der Waals surface area contributed by atoms with Gasteiger partial charge in [-0.1, -0.05) is 11.3 Å². The first-order valence-corrected chi connectivity index (χ1v) is 5.73. The zero-order chi connectivity index (χ0) is 14.2. The van der Waals surface area contributed by atoms with Crippen LogP contribution in [0.3, 0.4) is 0 Å². The maximum atomic E-state index is 12.1. The highest BCUT2D eigenvalue weighted by Gasteiger charge is 2.31. The molecule has 1 heterocycles. The number of rotatable bonds is 3. The number of carbonyl (C=O) groups is 1. The van der Waals surface area contributed by atoms with Crippen molar-refractivity contribution < 1.29 is 27.8 Å². The minimum atomic E-state index is -4.79. The Bertz CT molecular complexity index is 689. The van der Waals surface area contributed by atoms with E-state index in [1.807, 2.05) is 0 Å². The number of hydrogen-bond acceptors (Lipinski definition) is 4. The van der Waals surface area contributed by atoms with Gasteiger partial charge in [0.1, 0.15) is 12.3 Å². The van der Waals surface area contributed by atoms with Gasteiger partial charge in [0.05, 0.1) is 10.2 Å². The summed E-state index contributed by atoms with van der Waals surface area (Å²) in [5.41, 5.74) is 0.381. The normalized spacial score (nSPS) is 11.7. The summed E-state index contributed by atoms with van der Waals surface area (Å²) in [4.78, 5) is 10.6. The van der Waals surface area contributed by atoms with Gasteiger partial charge < -0.3 is 14.4 Å². The van der Waals surface area contributed by atoms with Crippen molar-refractivity contribution in [2.75, 3.05) is 0 Å². The second-order valence-corrected chi connectivity index (χ2v) is 4.60. The average molecular weight is 292 g/mol. The van der Waals surface area contributed by atoms with Crippen molar-refractivity contribution in [3.05, 3.63) is 23.0 Å². The molecule has 0 spiro atoms. The van der Waals surface area contributed by atoms with Gasteiger partial charge in [-0.15, -0.1) is 13.2 Å². The predicted molar refractivity (Wildman–Crippen MR) is 60.0 cm³/mol. The number of halogens is 3. The molecule has 2 N–H and O–H groups in total. The quantitative estimate of drug-likeness (QED) is 0.910. The van der Waals surface area contributed by atoms with Crippen molar-refractivity contribution in [1.29, 1.82) is 5.41 Å². The van der Waals surface area contributed by atoms with Gasteiger partial charge in [-0.25, -0.2) is 0 Å². The number of aromatic nitrogens is 1. The van der Waals surface area contributed by atoms with Crippen molar-refractivity contribution in [3.63, 3.8) is 0 Å². The van der Waals surface area contributed by atoms with Crippen LogP contribution >= 0.6 is 11.3 Å². The van der Waals surface area contributed by atoms with E-state index in [1.54, 1.807) is 0 Å². The van der Waals surface area contributed by atoms with Crippen LogP contribution in [-0.2, 0) is 11.3 Å². The molecule has 5 nitrogen and oxygen atoms in total. The summed E-state index contributed by atoms with van der Waals surface area (Å²) in [6.45, 7) is -0.418. The first-order valence-electron chi connectivity index (χ1n) is 4.92. The number of fused-ring (bicyclic) bond motifs is 1. The van der Waals surface area contributed by atoms with Crippen LogP contribution in [0.5, 0.6) is 5.75 Å². The smallest absolute Gasteiger partial charge is 0.480 e. The summed E-state index contributed by atoms with van der Waals surface area (Å²) in [5.74, 6) is -1.53.